The highest BCUT2D eigenvalue weighted by Gasteiger charge is 2.29. The molecular weight excluding hydrogens is 392 g/mol. The van der Waals surface area contributed by atoms with Crippen LogP contribution in [0.25, 0.3) is 16.4 Å². The van der Waals surface area contributed by atoms with E-state index in [1.54, 1.807) is 18.4 Å². The highest BCUT2D eigenvalue weighted by Crippen LogP contribution is 2.38. The van der Waals surface area contributed by atoms with Crippen LogP contribution in [0.4, 0.5) is 0 Å². The number of rotatable bonds is 3. The first-order valence-corrected chi connectivity index (χ1v) is 9.03. The molecule has 4 rings (SSSR count). The monoisotopic (exact) mass is 404 g/mol. The minimum absolute atomic E-state index is 0.135. The van der Waals surface area contributed by atoms with Crippen LogP contribution < -0.4 is 4.74 Å². The third kappa shape index (κ3) is 2.27. The van der Waals surface area contributed by atoms with Gasteiger partial charge >= 0.3 is 5.97 Å². The summed E-state index contributed by atoms with van der Waals surface area (Å²) >= 11 is 5.07. The molecular formula is C17H13BrN2O3S. The van der Waals surface area contributed by atoms with Crippen LogP contribution in [0, 0.1) is 0 Å². The van der Waals surface area contributed by atoms with Crippen molar-refractivity contribution in [3.8, 4) is 22.1 Å². The Morgan fingerprint density at radius 2 is 2.25 bits per heavy atom. The number of aromatic nitrogens is 2. The largest absolute Gasteiger partial charge is 0.496 e. The van der Waals surface area contributed by atoms with Crippen molar-refractivity contribution in [2.75, 3.05) is 7.11 Å². The summed E-state index contributed by atoms with van der Waals surface area (Å²) in [6.45, 7) is 0. The second-order valence-corrected chi connectivity index (χ2v) is 7.27. The zero-order chi connectivity index (χ0) is 16.8. The number of ether oxygens (including phenoxy) is 1. The van der Waals surface area contributed by atoms with Gasteiger partial charge in [0.15, 0.2) is 11.5 Å². The summed E-state index contributed by atoms with van der Waals surface area (Å²) in [6, 6.07) is 7.87. The van der Waals surface area contributed by atoms with Gasteiger partial charge in [0, 0.05) is 0 Å². The van der Waals surface area contributed by atoms with E-state index in [1.165, 1.54) is 0 Å². The first-order chi connectivity index (χ1) is 11.6. The highest BCUT2D eigenvalue weighted by atomic mass is 79.9. The second kappa shape index (κ2) is 5.75. The fourth-order valence-electron chi connectivity index (χ4n) is 3.09. The summed E-state index contributed by atoms with van der Waals surface area (Å²) in [5.74, 6) is 0.460. The third-order valence-electron chi connectivity index (χ3n) is 4.14. The van der Waals surface area contributed by atoms with E-state index in [0.717, 1.165) is 38.5 Å². The van der Waals surface area contributed by atoms with Gasteiger partial charge in [-0.1, -0.05) is 6.07 Å². The van der Waals surface area contributed by atoms with Crippen molar-refractivity contribution in [2.45, 2.75) is 12.8 Å². The lowest BCUT2D eigenvalue weighted by Crippen LogP contribution is -2.15. The number of carboxylic acid groups (broad SMARTS) is 1. The lowest BCUT2D eigenvalue weighted by atomic mass is 10.00. The number of thiophene rings is 1. The Bertz CT molecular complexity index is 947. The molecule has 24 heavy (non-hydrogen) atoms. The Hall–Kier alpha value is -2.12. The van der Waals surface area contributed by atoms with Gasteiger partial charge in [0.25, 0.3) is 0 Å². The van der Waals surface area contributed by atoms with E-state index in [2.05, 4.69) is 20.9 Å². The molecule has 0 saturated heterocycles. The van der Waals surface area contributed by atoms with Crippen molar-refractivity contribution in [3.05, 3.63) is 51.1 Å². The van der Waals surface area contributed by atoms with Crippen molar-refractivity contribution in [1.82, 2.24) is 9.55 Å². The Morgan fingerprint density at radius 3 is 2.92 bits per heavy atom. The molecule has 3 aromatic rings. The quantitative estimate of drug-likeness (QED) is 0.711. The number of halogens is 1. The Labute approximate surface area is 150 Å². The number of hydrogen-bond donors (Lipinski definition) is 1. The first kappa shape index (κ1) is 15.4. The van der Waals surface area contributed by atoms with Gasteiger partial charge in [-0.3, -0.25) is 4.57 Å². The van der Waals surface area contributed by atoms with Gasteiger partial charge in [0.1, 0.15) is 5.75 Å². The SMILES string of the molecule is COc1cc2c(cc1Br)-n1c(-c3cccs3)nc(C(=O)O)c1CC2. The summed E-state index contributed by atoms with van der Waals surface area (Å²) in [4.78, 5) is 17.0. The highest BCUT2D eigenvalue weighted by molar-refractivity contribution is 9.10. The number of fused-ring (bicyclic) bond motifs is 3. The smallest absolute Gasteiger partial charge is 0.356 e. The van der Waals surface area contributed by atoms with Gasteiger partial charge in [-0.05, 0) is 57.9 Å². The van der Waals surface area contributed by atoms with E-state index in [0.29, 0.717) is 12.2 Å². The zero-order valence-electron chi connectivity index (χ0n) is 12.7. The summed E-state index contributed by atoms with van der Waals surface area (Å²) in [6.07, 6.45) is 1.40. The minimum atomic E-state index is -0.988. The maximum Gasteiger partial charge on any atom is 0.356 e. The normalized spacial score (nSPS) is 12.6. The fraction of sp³-hybridized carbons (Fsp3) is 0.176. The van der Waals surface area contributed by atoms with Crippen molar-refractivity contribution in [2.24, 2.45) is 0 Å². The lowest BCUT2D eigenvalue weighted by molar-refractivity contribution is 0.0689. The van der Waals surface area contributed by atoms with Crippen LogP contribution in [0.5, 0.6) is 5.75 Å². The van der Waals surface area contributed by atoms with E-state index in [1.807, 2.05) is 34.2 Å². The molecule has 1 aliphatic heterocycles. The Balaban J connectivity index is 2.02. The van der Waals surface area contributed by atoms with Crippen LogP contribution >= 0.6 is 27.3 Å². The van der Waals surface area contributed by atoms with Crippen LogP contribution in [0.15, 0.2) is 34.1 Å². The van der Waals surface area contributed by atoms with E-state index in [-0.39, 0.29) is 5.69 Å². The molecule has 0 atom stereocenters. The number of benzene rings is 1. The molecule has 5 nitrogen and oxygen atoms in total. The van der Waals surface area contributed by atoms with Gasteiger partial charge in [0.2, 0.25) is 0 Å². The minimum Gasteiger partial charge on any atom is -0.496 e. The lowest BCUT2D eigenvalue weighted by Gasteiger charge is -2.22. The number of imidazole rings is 1. The van der Waals surface area contributed by atoms with Crippen molar-refractivity contribution >= 4 is 33.2 Å². The predicted molar refractivity (Wildman–Crippen MR) is 95.5 cm³/mol. The van der Waals surface area contributed by atoms with E-state index < -0.39 is 5.97 Å². The maximum atomic E-state index is 11.6. The van der Waals surface area contributed by atoms with Crippen molar-refractivity contribution in [1.29, 1.82) is 0 Å². The molecule has 2 aromatic heterocycles. The molecule has 3 heterocycles. The molecule has 122 valence electrons. The first-order valence-electron chi connectivity index (χ1n) is 7.35. The molecule has 7 heteroatoms. The van der Waals surface area contributed by atoms with Crippen LogP contribution in [-0.2, 0) is 12.8 Å². The van der Waals surface area contributed by atoms with Crippen LogP contribution in [0.1, 0.15) is 21.7 Å². The molecule has 0 unspecified atom stereocenters. The zero-order valence-corrected chi connectivity index (χ0v) is 15.1. The number of methoxy groups -OCH3 is 1. The van der Waals surface area contributed by atoms with E-state index in [9.17, 15) is 9.90 Å². The van der Waals surface area contributed by atoms with Gasteiger partial charge in [-0.2, -0.15) is 0 Å². The van der Waals surface area contributed by atoms with Gasteiger partial charge in [-0.15, -0.1) is 11.3 Å². The molecule has 1 aliphatic rings. The maximum absolute atomic E-state index is 11.6. The summed E-state index contributed by atoms with van der Waals surface area (Å²) < 4.78 is 8.18. The molecule has 0 radical (unpaired) electrons. The van der Waals surface area contributed by atoms with E-state index in [4.69, 9.17) is 4.74 Å². The van der Waals surface area contributed by atoms with Crippen LogP contribution in [0.3, 0.4) is 0 Å². The topological polar surface area (TPSA) is 64.4 Å². The number of carbonyl (C=O) groups is 1. The van der Waals surface area contributed by atoms with Gasteiger partial charge in [-0.25, -0.2) is 9.78 Å². The van der Waals surface area contributed by atoms with Crippen LogP contribution in [0.2, 0.25) is 0 Å². The second-order valence-electron chi connectivity index (χ2n) is 5.46. The molecule has 0 bridgehead atoms. The average molecular weight is 405 g/mol. The molecule has 0 aliphatic carbocycles. The third-order valence-corrected chi connectivity index (χ3v) is 5.63. The van der Waals surface area contributed by atoms with Crippen molar-refractivity contribution in [3.63, 3.8) is 0 Å². The fourth-order valence-corrected chi connectivity index (χ4v) is 4.29. The summed E-state index contributed by atoms with van der Waals surface area (Å²) in [7, 11) is 1.64. The predicted octanol–water partition coefficient (Wildman–Crippen LogP) is 4.17. The molecule has 0 spiro atoms. The molecule has 0 saturated carbocycles. The average Bonchev–Trinajstić information content (AvgIpc) is 3.21. The molecule has 1 aromatic carbocycles. The number of hydrogen-bond acceptors (Lipinski definition) is 4. The number of nitrogens with zero attached hydrogens (tertiary/aromatic N) is 2. The number of aryl methyl sites for hydroxylation is 1. The summed E-state index contributed by atoms with van der Waals surface area (Å²) in [5.41, 5.74) is 2.95. The molecule has 1 N–H and O–H groups in total. The van der Waals surface area contributed by atoms with E-state index >= 15 is 0 Å². The van der Waals surface area contributed by atoms with Crippen molar-refractivity contribution < 1.29 is 14.6 Å². The number of carboxylic acids is 1. The Morgan fingerprint density at radius 1 is 1.42 bits per heavy atom. The number of aromatic carboxylic acids is 1. The van der Waals surface area contributed by atoms with Gasteiger partial charge in [0.05, 0.1) is 27.8 Å². The Kier molecular flexibility index (Phi) is 3.69. The molecule has 0 fully saturated rings. The van der Waals surface area contributed by atoms with Crippen LogP contribution in [-0.4, -0.2) is 27.7 Å². The molecule has 0 amide bonds. The summed E-state index contributed by atoms with van der Waals surface area (Å²) in [5, 5.41) is 11.5. The van der Waals surface area contributed by atoms with Gasteiger partial charge < -0.3 is 9.84 Å². The standard InChI is InChI=1S/C17H13BrN2O3S/c1-23-13-7-9-4-5-11-15(17(21)22)19-16(14-3-2-6-24-14)20(11)12(9)8-10(13)18/h2-3,6-8H,4-5H2,1H3,(H,21,22).